The fourth-order valence-corrected chi connectivity index (χ4v) is 3.54. The van der Waals surface area contributed by atoms with Crippen LogP contribution in [0.15, 0.2) is 36.5 Å². The van der Waals surface area contributed by atoms with Crippen LogP contribution in [0.1, 0.15) is 19.8 Å². The number of fused-ring (bicyclic) bond motifs is 1. The zero-order valence-electron chi connectivity index (χ0n) is 14.4. The summed E-state index contributed by atoms with van der Waals surface area (Å²) in [5.74, 6) is -0.127. The first-order chi connectivity index (χ1) is 11.7. The normalized spacial score (nSPS) is 17.5. The van der Waals surface area contributed by atoms with Gasteiger partial charge in [-0.2, -0.15) is 0 Å². The fourth-order valence-electron chi connectivity index (χ4n) is 3.54. The van der Waals surface area contributed by atoms with E-state index >= 15 is 0 Å². The van der Waals surface area contributed by atoms with Gasteiger partial charge < -0.3 is 9.64 Å². The summed E-state index contributed by atoms with van der Waals surface area (Å²) in [5, 5.41) is 1.16. The van der Waals surface area contributed by atoms with Gasteiger partial charge in [-0.15, -0.1) is 0 Å². The second kappa shape index (κ2) is 7.62. The molecule has 0 bridgehead atoms. The van der Waals surface area contributed by atoms with Crippen LogP contribution in [0, 0.1) is 0 Å². The lowest BCUT2D eigenvalue weighted by Gasteiger charge is -2.28. The third-order valence-corrected chi connectivity index (χ3v) is 4.78. The van der Waals surface area contributed by atoms with Crippen LogP contribution in [0.2, 0.25) is 0 Å². The van der Waals surface area contributed by atoms with Crippen molar-refractivity contribution in [3.05, 3.63) is 36.5 Å². The van der Waals surface area contributed by atoms with Gasteiger partial charge in [0.1, 0.15) is 6.04 Å². The maximum absolute atomic E-state index is 12.0. The van der Waals surface area contributed by atoms with E-state index in [-0.39, 0.29) is 12.0 Å². The molecule has 0 saturated carbocycles. The molecule has 5 nitrogen and oxygen atoms in total. The summed E-state index contributed by atoms with van der Waals surface area (Å²) < 4.78 is 4.96. The van der Waals surface area contributed by atoms with Gasteiger partial charge in [-0.05, 0) is 25.0 Å². The third-order valence-electron chi connectivity index (χ3n) is 4.78. The molecule has 3 rings (SSSR count). The summed E-state index contributed by atoms with van der Waals surface area (Å²) in [4.78, 5) is 21.2. The van der Waals surface area contributed by atoms with E-state index in [1.54, 1.807) is 0 Å². The first kappa shape index (κ1) is 16.7. The molecule has 0 aliphatic carbocycles. The number of aromatic nitrogens is 1. The molecule has 0 radical (unpaired) electrons. The molecule has 0 amide bonds. The van der Waals surface area contributed by atoms with Gasteiger partial charge in [-0.1, -0.05) is 25.1 Å². The van der Waals surface area contributed by atoms with E-state index in [0.29, 0.717) is 0 Å². The van der Waals surface area contributed by atoms with Crippen LogP contribution >= 0.6 is 0 Å². The van der Waals surface area contributed by atoms with Gasteiger partial charge in [0.05, 0.1) is 18.3 Å². The number of carbonyl (C=O) groups excluding carboxylic acids is 1. The molecule has 2 aromatic rings. The van der Waals surface area contributed by atoms with Gasteiger partial charge in [0.15, 0.2) is 0 Å². The molecule has 1 saturated heterocycles. The van der Waals surface area contributed by atoms with Crippen LogP contribution in [-0.2, 0) is 9.53 Å². The summed E-state index contributed by atoms with van der Waals surface area (Å²) in [6.45, 7) is 5.69. The molecule has 1 unspecified atom stereocenters. The third kappa shape index (κ3) is 3.36. The van der Waals surface area contributed by atoms with Crippen molar-refractivity contribution in [3.63, 3.8) is 0 Å². The molecule has 5 heteroatoms. The van der Waals surface area contributed by atoms with E-state index in [0.717, 1.165) is 49.9 Å². The highest BCUT2D eigenvalue weighted by Gasteiger charge is 2.27. The molecule has 1 fully saturated rings. The lowest BCUT2D eigenvalue weighted by atomic mass is 10.1. The van der Waals surface area contributed by atoms with Crippen LogP contribution in [0.3, 0.4) is 0 Å². The highest BCUT2D eigenvalue weighted by Crippen LogP contribution is 2.26. The molecule has 1 aliphatic heterocycles. The molecular formula is C19H25N3O2. The van der Waals surface area contributed by atoms with Crippen molar-refractivity contribution >= 4 is 22.6 Å². The Labute approximate surface area is 143 Å². The minimum absolute atomic E-state index is 0.127. The molecular weight excluding hydrogens is 302 g/mol. The molecule has 0 spiro atoms. The van der Waals surface area contributed by atoms with Crippen molar-refractivity contribution in [2.75, 3.05) is 38.2 Å². The van der Waals surface area contributed by atoms with Crippen molar-refractivity contribution < 1.29 is 9.53 Å². The summed E-state index contributed by atoms with van der Waals surface area (Å²) >= 11 is 0. The quantitative estimate of drug-likeness (QED) is 0.808. The highest BCUT2D eigenvalue weighted by molar-refractivity contribution is 5.90. The smallest absolute Gasteiger partial charge is 0.323 e. The van der Waals surface area contributed by atoms with E-state index in [2.05, 4.69) is 39.0 Å². The molecule has 1 aromatic heterocycles. The fraction of sp³-hybridized carbons (Fsp3) is 0.474. The van der Waals surface area contributed by atoms with Crippen LogP contribution < -0.4 is 4.90 Å². The Morgan fingerprint density at radius 2 is 2.04 bits per heavy atom. The van der Waals surface area contributed by atoms with Crippen LogP contribution in [0.5, 0.6) is 0 Å². The Hall–Kier alpha value is -2.14. The minimum atomic E-state index is -0.138. The number of benzene rings is 1. The summed E-state index contributed by atoms with van der Waals surface area (Å²) in [6, 6.07) is 10.3. The SMILES string of the molecule is CCC(C(=O)OC)N1CCCN(c2cccc3cccnc23)CC1. The Balaban J connectivity index is 1.79. The predicted molar refractivity (Wildman–Crippen MR) is 96.2 cm³/mol. The number of rotatable bonds is 4. The number of nitrogens with zero attached hydrogens (tertiary/aromatic N) is 3. The van der Waals surface area contributed by atoms with Gasteiger partial charge >= 0.3 is 5.97 Å². The number of methoxy groups -OCH3 is 1. The number of carbonyl (C=O) groups is 1. The molecule has 1 atom stereocenters. The van der Waals surface area contributed by atoms with E-state index in [1.807, 2.05) is 19.2 Å². The lowest BCUT2D eigenvalue weighted by molar-refractivity contribution is -0.147. The Morgan fingerprint density at radius 3 is 2.83 bits per heavy atom. The van der Waals surface area contributed by atoms with Gasteiger partial charge in [-0.25, -0.2) is 0 Å². The molecule has 2 heterocycles. The first-order valence-corrected chi connectivity index (χ1v) is 8.65. The van der Waals surface area contributed by atoms with Crippen molar-refractivity contribution in [2.24, 2.45) is 0 Å². The number of ether oxygens (including phenoxy) is 1. The molecule has 128 valence electrons. The second-order valence-electron chi connectivity index (χ2n) is 6.18. The van der Waals surface area contributed by atoms with E-state index in [1.165, 1.54) is 12.8 Å². The van der Waals surface area contributed by atoms with Crippen LogP contribution in [0.4, 0.5) is 5.69 Å². The Bertz CT molecular complexity index is 699. The topological polar surface area (TPSA) is 45.7 Å². The average molecular weight is 327 g/mol. The summed E-state index contributed by atoms with van der Waals surface area (Å²) in [7, 11) is 1.47. The highest BCUT2D eigenvalue weighted by atomic mass is 16.5. The molecule has 1 aromatic carbocycles. The standard InChI is InChI=1S/C19H25N3O2/c1-3-16(19(23)24-2)21-11-6-12-22(14-13-21)17-9-4-7-15-8-5-10-20-18(15)17/h4-5,7-10,16H,3,6,11-14H2,1-2H3. The zero-order valence-corrected chi connectivity index (χ0v) is 14.4. The van der Waals surface area contributed by atoms with Crippen LogP contribution in [-0.4, -0.2) is 55.2 Å². The maximum atomic E-state index is 12.0. The Morgan fingerprint density at radius 1 is 1.21 bits per heavy atom. The van der Waals surface area contributed by atoms with Gasteiger partial charge in [-0.3, -0.25) is 14.7 Å². The number of para-hydroxylation sites is 1. The van der Waals surface area contributed by atoms with Crippen LogP contribution in [0.25, 0.3) is 10.9 Å². The molecule has 24 heavy (non-hydrogen) atoms. The van der Waals surface area contributed by atoms with Crippen molar-refractivity contribution in [1.29, 1.82) is 0 Å². The largest absolute Gasteiger partial charge is 0.468 e. The zero-order chi connectivity index (χ0) is 16.9. The number of anilines is 1. The number of hydrogen-bond donors (Lipinski definition) is 0. The number of hydrogen-bond acceptors (Lipinski definition) is 5. The summed E-state index contributed by atoms with van der Waals surface area (Å²) in [6.07, 6.45) is 3.65. The van der Waals surface area contributed by atoms with Gasteiger partial charge in [0.25, 0.3) is 0 Å². The summed E-state index contributed by atoms with van der Waals surface area (Å²) in [5.41, 5.74) is 2.23. The van der Waals surface area contributed by atoms with E-state index in [4.69, 9.17) is 4.74 Å². The second-order valence-corrected chi connectivity index (χ2v) is 6.18. The van der Waals surface area contributed by atoms with Gasteiger partial charge in [0.2, 0.25) is 0 Å². The van der Waals surface area contributed by atoms with Gasteiger partial charge in [0, 0.05) is 37.8 Å². The van der Waals surface area contributed by atoms with E-state index in [9.17, 15) is 4.79 Å². The van der Waals surface area contributed by atoms with E-state index < -0.39 is 0 Å². The number of pyridine rings is 1. The predicted octanol–water partition coefficient (Wildman–Crippen LogP) is 2.70. The van der Waals surface area contributed by atoms with Crippen molar-refractivity contribution in [2.45, 2.75) is 25.8 Å². The molecule has 1 aliphatic rings. The number of esters is 1. The van der Waals surface area contributed by atoms with Crippen molar-refractivity contribution in [3.8, 4) is 0 Å². The lowest BCUT2D eigenvalue weighted by Crippen LogP contribution is -2.43. The Kier molecular flexibility index (Phi) is 5.30. The first-order valence-electron chi connectivity index (χ1n) is 8.65. The monoisotopic (exact) mass is 327 g/mol. The minimum Gasteiger partial charge on any atom is -0.468 e. The van der Waals surface area contributed by atoms with Crippen molar-refractivity contribution in [1.82, 2.24) is 9.88 Å². The molecule has 0 N–H and O–H groups in total. The average Bonchev–Trinajstić information content (AvgIpc) is 2.88. The maximum Gasteiger partial charge on any atom is 0.323 e.